The van der Waals surface area contributed by atoms with Crippen molar-refractivity contribution in [2.45, 2.75) is 29.9 Å². The second-order valence-corrected chi connectivity index (χ2v) is 6.52. The fourth-order valence-electron chi connectivity index (χ4n) is 1.90. The van der Waals surface area contributed by atoms with E-state index in [2.05, 4.69) is 4.72 Å². The summed E-state index contributed by atoms with van der Waals surface area (Å²) in [5, 5.41) is 8.88. The molecular formula is C12H13ClN2O3S. The predicted molar refractivity (Wildman–Crippen MR) is 70.3 cm³/mol. The van der Waals surface area contributed by atoms with E-state index in [9.17, 15) is 8.42 Å². The summed E-state index contributed by atoms with van der Waals surface area (Å²) < 4.78 is 31.9. The number of methoxy groups -OCH3 is 1. The molecule has 0 aliphatic heterocycles. The fourth-order valence-corrected chi connectivity index (χ4v) is 3.47. The third kappa shape index (κ3) is 3.07. The summed E-state index contributed by atoms with van der Waals surface area (Å²) >= 11 is 5.83. The molecular weight excluding hydrogens is 288 g/mol. The smallest absolute Gasteiger partial charge is 0.240 e. The van der Waals surface area contributed by atoms with Gasteiger partial charge in [0.15, 0.2) is 0 Å². The van der Waals surface area contributed by atoms with Gasteiger partial charge in [0.1, 0.15) is 6.07 Å². The molecule has 0 unspecified atom stereocenters. The predicted octanol–water partition coefficient (Wildman–Crippen LogP) is 1.67. The largest absolute Gasteiger partial charge is 0.381 e. The van der Waals surface area contributed by atoms with E-state index < -0.39 is 10.0 Å². The van der Waals surface area contributed by atoms with Gasteiger partial charge < -0.3 is 4.74 Å². The zero-order chi connectivity index (χ0) is 14.0. The summed E-state index contributed by atoms with van der Waals surface area (Å²) in [6.07, 6.45) is 1.46. The van der Waals surface area contributed by atoms with Crippen molar-refractivity contribution in [2.75, 3.05) is 7.11 Å². The summed E-state index contributed by atoms with van der Waals surface area (Å²) in [4.78, 5) is 0.0670. The lowest BCUT2D eigenvalue weighted by molar-refractivity contribution is 0.0236. The summed E-state index contributed by atoms with van der Waals surface area (Å²) in [6.45, 7) is 0. The van der Waals surface area contributed by atoms with Gasteiger partial charge in [0.25, 0.3) is 0 Å². The van der Waals surface area contributed by atoms with E-state index in [-0.39, 0.29) is 27.6 Å². The van der Waals surface area contributed by atoms with E-state index in [0.717, 1.165) is 0 Å². The standard InChI is InChI=1S/C12H13ClN2O3S/c1-18-10-4-9(5-10)15-19(16,17)11-3-2-8(7-14)12(13)6-11/h2-3,6,9-10,15H,4-5H2,1H3. The average Bonchev–Trinajstić information content (AvgIpc) is 2.33. The quantitative estimate of drug-likeness (QED) is 0.917. The number of halogens is 1. The van der Waals surface area contributed by atoms with Crippen molar-refractivity contribution in [3.05, 3.63) is 28.8 Å². The summed E-state index contributed by atoms with van der Waals surface area (Å²) in [7, 11) is -1.99. The van der Waals surface area contributed by atoms with Crippen LogP contribution in [-0.2, 0) is 14.8 Å². The van der Waals surface area contributed by atoms with Crippen molar-refractivity contribution in [1.82, 2.24) is 4.72 Å². The van der Waals surface area contributed by atoms with Crippen LogP contribution in [0.3, 0.4) is 0 Å². The average molecular weight is 301 g/mol. The van der Waals surface area contributed by atoms with Crippen LogP contribution in [0, 0.1) is 11.3 Å². The zero-order valence-corrected chi connectivity index (χ0v) is 11.8. The number of hydrogen-bond donors (Lipinski definition) is 1. The number of nitrogens with one attached hydrogen (secondary N) is 1. The van der Waals surface area contributed by atoms with Gasteiger partial charge in [-0.05, 0) is 31.0 Å². The van der Waals surface area contributed by atoms with E-state index in [1.54, 1.807) is 7.11 Å². The first-order valence-corrected chi connectivity index (χ1v) is 7.57. The van der Waals surface area contributed by atoms with Crippen LogP contribution in [0.15, 0.2) is 23.1 Å². The molecule has 2 rings (SSSR count). The third-order valence-corrected chi connectivity index (χ3v) is 4.95. The van der Waals surface area contributed by atoms with E-state index in [4.69, 9.17) is 21.6 Å². The van der Waals surface area contributed by atoms with Crippen LogP contribution in [0.5, 0.6) is 0 Å². The van der Waals surface area contributed by atoms with Crippen LogP contribution in [0.1, 0.15) is 18.4 Å². The first kappa shape index (κ1) is 14.3. The Morgan fingerprint density at radius 1 is 1.47 bits per heavy atom. The molecule has 0 spiro atoms. The summed E-state index contributed by atoms with van der Waals surface area (Å²) in [6, 6.07) is 5.84. The number of hydrogen-bond acceptors (Lipinski definition) is 4. The molecule has 0 atom stereocenters. The number of ether oxygens (including phenoxy) is 1. The molecule has 1 aliphatic carbocycles. The Bertz CT molecular complexity index is 618. The molecule has 5 nitrogen and oxygen atoms in total. The van der Waals surface area contributed by atoms with Crippen molar-refractivity contribution in [2.24, 2.45) is 0 Å². The van der Waals surface area contributed by atoms with Crippen LogP contribution in [0.2, 0.25) is 5.02 Å². The molecule has 1 aliphatic rings. The first-order chi connectivity index (χ1) is 8.96. The number of benzene rings is 1. The summed E-state index contributed by atoms with van der Waals surface area (Å²) in [5.74, 6) is 0. The molecule has 102 valence electrons. The van der Waals surface area contributed by atoms with Crippen LogP contribution in [0.25, 0.3) is 0 Å². The normalized spacial score (nSPS) is 22.6. The zero-order valence-electron chi connectivity index (χ0n) is 10.3. The van der Waals surface area contributed by atoms with Crippen LogP contribution in [0.4, 0.5) is 0 Å². The fraction of sp³-hybridized carbons (Fsp3) is 0.417. The highest BCUT2D eigenvalue weighted by Gasteiger charge is 2.32. The second kappa shape index (κ2) is 5.47. The Balaban J connectivity index is 2.12. The second-order valence-electron chi connectivity index (χ2n) is 4.40. The van der Waals surface area contributed by atoms with Gasteiger partial charge in [-0.15, -0.1) is 0 Å². The molecule has 0 aromatic heterocycles. The molecule has 1 N–H and O–H groups in total. The Hall–Kier alpha value is -1.13. The maximum Gasteiger partial charge on any atom is 0.240 e. The first-order valence-electron chi connectivity index (χ1n) is 5.71. The number of nitrogens with zero attached hydrogens (tertiary/aromatic N) is 1. The number of nitriles is 1. The van der Waals surface area contributed by atoms with Gasteiger partial charge in [0, 0.05) is 13.2 Å². The minimum Gasteiger partial charge on any atom is -0.381 e. The highest BCUT2D eigenvalue weighted by molar-refractivity contribution is 7.89. The molecule has 0 bridgehead atoms. The lowest BCUT2D eigenvalue weighted by atomic mass is 9.90. The monoisotopic (exact) mass is 300 g/mol. The SMILES string of the molecule is COC1CC(NS(=O)(=O)c2ccc(C#N)c(Cl)c2)C1. The Kier molecular flexibility index (Phi) is 4.11. The minimum absolute atomic E-state index is 0.0670. The molecule has 19 heavy (non-hydrogen) atoms. The van der Waals surface area contributed by atoms with Crippen molar-refractivity contribution >= 4 is 21.6 Å². The van der Waals surface area contributed by atoms with Gasteiger partial charge >= 0.3 is 0 Å². The van der Waals surface area contributed by atoms with Crippen LogP contribution >= 0.6 is 11.6 Å². The maximum absolute atomic E-state index is 12.1. The number of rotatable bonds is 4. The van der Waals surface area contributed by atoms with E-state index in [1.807, 2.05) is 6.07 Å². The van der Waals surface area contributed by atoms with Gasteiger partial charge in [-0.2, -0.15) is 5.26 Å². The van der Waals surface area contributed by atoms with Crippen molar-refractivity contribution in [3.63, 3.8) is 0 Å². The van der Waals surface area contributed by atoms with Gasteiger partial charge in [-0.1, -0.05) is 11.6 Å². The molecule has 1 fully saturated rings. The van der Waals surface area contributed by atoms with Crippen LogP contribution in [-0.4, -0.2) is 27.7 Å². The van der Waals surface area contributed by atoms with Crippen LogP contribution < -0.4 is 4.72 Å². The Morgan fingerprint density at radius 3 is 2.68 bits per heavy atom. The highest BCUT2D eigenvalue weighted by atomic mass is 35.5. The van der Waals surface area contributed by atoms with Crippen molar-refractivity contribution < 1.29 is 13.2 Å². The molecule has 1 aromatic rings. The Morgan fingerprint density at radius 2 is 2.16 bits per heavy atom. The number of sulfonamides is 1. The summed E-state index contributed by atoms with van der Waals surface area (Å²) in [5.41, 5.74) is 0.253. The van der Waals surface area contributed by atoms with E-state index in [0.29, 0.717) is 12.8 Å². The third-order valence-electron chi connectivity index (χ3n) is 3.12. The molecule has 1 aromatic carbocycles. The maximum atomic E-state index is 12.1. The minimum atomic E-state index is -3.60. The van der Waals surface area contributed by atoms with E-state index in [1.165, 1.54) is 18.2 Å². The lowest BCUT2D eigenvalue weighted by Gasteiger charge is -2.34. The van der Waals surface area contributed by atoms with E-state index >= 15 is 0 Å². The van der Waals surface area contributed by atoms with Gasteiger partial charge in [-0.25, -0.2) is 13.1 Å². The van der Waals surface area contributed by atoms with Crippen molar-refractivity contribution in [3.8, 4) is 6.07 Å². The molecule has 1 saturated carbocycles. The molecule has 0 radical (unpaired) electrons. The highest BCUT2D eigenvalue weighted by Crippen LogP contribution is 2.25. The van der Waals surface area contributed by atoms with Gasteiger partial charge in [-0.3, -0.25) is 0 Å². The molecule has 0 amide bonds. The van der Waals surface area contributed by atoms with Gasteiger partial charge in [0.05, 0.1) is 21.6 Å². The lowest BCUT2D eigenvalue weighted by Crippen LogP contribution is -2.47. The van der Waals surface area contributed by atoms with Crippen molar-refractivity contribution in [1.29, 1.82) is 5.26 Å². The molecule has 0 heterocycles. The molecule has 7 heteroatoms. The Labute approximate surface area is 117 Å². The molecule has 0 saturated heterocycles. The topological polar surface area (TPSA) is 79.2 Å². The van der Waals surface area contributed by atoms with Gasteiger partial charge in [0.2, 0.25) is 10.0 Å².